The van der Waals surface area contributed by atoms with Gasteiger partial charge >= 0.3 is 0 Å². The predicted molar refractivity (Wildman–Crippen MR) is 81.4 cm³/mol. The second-order valence-electron chi connectivity index (χ2n) is 4.64. The molecule has 0 saturated heterocycles. The normalized spacial score (nSPS) is 13.2. The van der Waals surface area contributed by atoms with Gasteiger partial charge in [-0.05, 0) is 38.6 Å². The fourth-order valence-corrected chi connectivity index (χ4v) is 3.24. The lowest BCUT2D eigenvalue weighted by molar-refractivity contribution is 0.297. The van der Waals surface area contributed by atoms with E-state index in [0.717, 1.165) is 26.2 Å². The van der Waals surface area contributed by atoms with Crippen LogP contribution >= 0.6 is 11.3 Å². The van der Waals surface area contributed by atoms with Gasteiger partial charge in [0.1, 0.15) is 0 Å². The molecule has 104 valence electrons. The average Bonchev–Trinajstić information content (AvgIpc) is 2.69. The van der Waals surface area contributed by atoms with Gasteiger partial charge in [0.2, 0.25) is 0 Å². The SMILES string of the molecule is CCN(CC)CCNC(CN)c1cc(C)sc1C. The van der Waals surface area contributed by atoms with Crippen molar-refractivity contribution >= 4 is 11.3 Å². The third-order valence-corrected chi connectivity index (χ3v) is 4.39. The minimum Gasteiger partial charge on any atom is -0.329 e. The lowest BCUT2D eigenvalue weighted by Gasteiger charge is -2.21. The van der Waals surface area contributed by atoms with Crippen LogP contribution in [-0.2, 0) is 0 Å². The second-order valence-corrected chi connectivity index (χ2v) is 6.10. The number of hydrogen-bond acceptors (Lipinski definition) is 4. The maximum absolute atomic E-state index is 5.89. The van der Waals surface area contributed by atoms with E-state index in [-0.39, 0.29) is 0 Å². The lowest BCUT2D eigenvalue weighted by atomic mass is 10.1. The van der Waals surface area contributed by atoms with Gasteiger partial charge in [-0.1, -0.05) is 13.8 Å². The quantitative estimate of drug-likeness (QED) is 0.761. The van der Waals surface area contributed by atoms with E-state index in [4.69, 9.17) is 5.73 Å². The number of thiophene rings is 1. The van der Waals surface area contributed by atoms with Crippen molar-refractivity contribution < 1.29 is 0 Å². The maximum Gasteiger partial charge on any atom is 0.0456 e. The Morgan fingerprint density at radius 3 is 2.44 bits per heavy atom. The van der Waals surface area contributed by atoms with Crippen LogP contribution < -0.4 is 11.1 Å². The molecular weight excluding hydrogens is 242 g/mol. The highest BCUT2D eigenvalue weighted by Gasteiger charge is 2.13. The van der Waals surface area contributed by atoms with Crippen LogP contribution in [0.25, 0.3) is 0 Å². The van der Waals surface area contributed by atoms with E-state index in [1.54, 1.807) is 0 Å². The Kier molecular flexibility index (Phi) is 6.86. The van der Waals surface area contributed by atoms with Crippen LogP contribution in [-0.4, -0.2) is 37.6 Å². The van der Waals surface area contributed by atoms with Gasteiger partial charge < -0.3 is 16.0 Å². The van der Waals surface area contributed by atoms with Crippen molar-refractivity contribution in [2.75, 3.05) is 32.7 Å². The Labute approximate surface area is 115 Å². The molecule has 0 aliphatic heterocycles. The molecule has 1 heterocycles. The van der Waals surface area contributed by atoms with Crippen LogP contribution in [0.4, 0.5) is 0 Å². The Morgan fingerprint density at radius 2 is 2.00 bits per heavy atom. The molecule has 0 radical (unpaired) electrons. The van der Waals surface area contributed by atoms with Crippen molar-refractivity contribution in [3.05, 3.63) is 21.4 Å². The van der Waals surface area contributed by atoms with Crippen molar-refractivity contribution in [3.8, 4) is 0 Å². The van der Waals surface area contributed by atoms with E-state index in [2.05, 4.69) is 44.0 Å². The van der Waals surface area contributed by atoms with Crippen LogP contribution in [0, 0.1) is 13.8 Å². The predicted octanol–water partition coefficient (Wildman–Crippen LogP) is 2.30. The first-order valence-corrected chi connectivity index (χ1v) is 7.66. The number of rotatable bonds is 8. The highest BCUT2D eigenvalue weighted by Crippen LogP contribution is 2.25. The van der Waals surface area contributed by atoms with Gasteiger partial charge in [0.15, 0.2) is 0 Å². The Bertz CT molecular complexity index is 345. The third kappa shape index (κ3) is 4.35. The molecule has 4 heteroatoms. The largest absolute Gasteiger partial charge is 0.329 e. The zero-order valence-corrected chi connectivity index (χ0v) is 12.9. The number of nitrogens with one attached hydrogen (secondary N) is 1. The summed E-state index contributed by atoms with van der Waals surface area (Å²) < 4.78 is 0. The first-order chi connectivity index (χ1) is 8.62. The average molecular weight is 269 g/mol. The molecule has 1 unspecified atom stereocenters. The number of hydrogen-bond donors (Lipinski definition) is 2. The van der Waals surface area contributed by atoms with Crippen LogP contribution in [0.5, 0.6) is 0 Å². The number of aryl methyl sites for hydroxylation is 2. The van der Waals surface area contributed by atoms with Crippen molar-refractivity contribution in [1.29, 1.82) is 0 Å². The summed E-state index contributed by atoms with van der Waals surface area (Å²) in [5, 5.41) is 3.58. The molecule has 1 aromatic rings. The van der Waals surface area contributed by atoms with Gasteiger partial charge in [0.25, 0.3) is 0 Å². The molecule has 0 amide bonds. The molecule has 0 saturated carbocycles. The number of nitrogens with two attached hydrogens (primary N) is 1. The standard InChI is InChI=1S/C14H27N3S/c1-5-17(6-2)8-7-16-14(10-15)13-9-11(3)18-12(13)4/h9,14,16H,5-8,10,15H2,1-4H3. The van der Waals surface area contributed by atoms with Crippen molar-refractivity contribution in [2.45, 2.75) is 33.7 Å². The summed E-state index contributed by atoms with van der Waals surface area (Å²) in [5.74, 6) is 0. The third-order valence-electron chi connectivity index (χ3n) is 3.40. The topological polar surface area (TPSA) is 41.3 Å². The molecule has 0 aliphatic carbocycles. The summed E-state index contributed by atoms with van der Waals surface area (Å²) >= 11 is 1.86. The summed E-state index contributed by atoms with van der Waals surface area (Å²) in [7, 11) is 0. The van der Waals surface area contributed by atoms with E-state index < -0.39 is 0 Å². The summed E-state index contributed by atoms with van der Waals surface area (Å²) in [6.07, 6.45) is 0. The highest BCUT2D eigenvalue weighted by atomic mass is 32.1. The molecule has 1 atom stereocenters. The van der Waals surface area contributed by atoms with Gasteiger partial charge in [-0.3, -0.25) is 0 Å². The van der Waals surface area contributed by atoms with Gasteiger partial charge in [-0.2, -0.15) is 0 Å². The highest BCUT2D eigenvalue weighted by molar-refractivity contribution is 7.12. The number of likely N-dealkylation sites (N-methyl/N-ethyl adjacent to an activating group) is 1. The van der Waals surface area contributed by atoms with Gasteiger partial charge in [0, 0.05) is 35.4 Å². The van der Waals surface area contributed by atoms with Gasteiger partial charge in [-0.25, -0.2) is 0 Å². The van der Waals surface area contributed by atoms with Gasteiger partial charge in [0.05, 0.1) is 0 Å². The molecule has 0 fully saturated rings. The summed E-state index contributed by atoms with van der Waals surface area (Å²) in [4.78, 5) is 5.18. The summed E-state index contributed by atoms with van der Waals surface area (Å²) in [6, 6.07) is 2.56. The minimum atomic E-state index is 0.297. The second kappa shape index (κ2) is 7.89. The zero-order valence-electron chi connectivity index (χ0n) is 12.1. The van der Waals surface area contributed by atoms with Crippen molar-refractivity contribution in [2.24, 2.45) is 5.73 Å². The van der Waals surface area contributed by atoms with E-state index in [1.807, 2.05) is 11.3 Å². The van der Waals surface area contributed by atoms with E-state index in [1.165, 1.54) is 15.3 Å². The Balaban J connectivity index is 2.50. The minimum absolute atomic E-state index is 0.297. The molecule has 0 aromatic carbocycles. The molecule has 0 spiro atoms. The maximum atomic E-state index is 5.89. The fraction of sp³-hybridized carbons (Fsp3) is 0.714. The van der Waals surface area contributed by atoms with Crippen LogP contribution in [0.1, 0.15) is 35.2 Å². The zero-order chi connectivity index (χ0) is 13.5. The van der Waals surface area contributed by atoms with Crippen molar-refractivity contribution in [1.82, 2.24) is 10.2 Å². The molecule has 0 aliphatic rings. The molecule has 1 rings (SSSR count). The number of nitrogens with zero attached hydrogens (tertiary/aromatic N) is 1. The molecule has 3 N–H and O–H groups in total. The molecule has 18 heavy (non-hydrogen) atoms. The monoisotopic (exact) mass is 269 g/mol. The van der Waals surface area contributed by atoms with E-state index in [0.29, 0.717) is 12.6 Å². The van der Waals surface area contributed by atoms with Gasteiger partial charge in [-0.15, -0.1) is 11.3 Å². The lowest BCUT2D eigenvalue weighted by Crippen LogP contribution is -2.36. The molecular formula is C14H27N3S. The fourth-order valence-electron chi connectivity index (χ4n) is 2.25. The molecule has 1 aromatic heterocycles. The van der Waals surface area contributed by atoms with Crippen LogP contribution in [0.15, 0.2) is 6.07 Å². The summed E-state index contributed by atoms with van der Waals surface area (Å²) in [6.45, 7) is 13.7. The molecule has 3 nitrogen and oxygen atoms in total. The van der Waals surface area contributed by atoms with Crippen molar-refractivity contribution in [3.63, 3.8) is 0 Å². The Hall–Kier alpha value is -0.420. The van der Waals surface area contributed by atoms with E-state index >= 15 is 0 Å². The van der Waals surface area contributed by atoms with Crippen LogP contribution in [0.3, 0.4) is 0 Å². The Morgan fingerprint density at radius 1 is 1.33 bits per heavy atom. The van der Waals surface area contributed by atoms with E-state index in [9.17, 15) is 0 Å². The first kappa shape index (κ1) is 15.6. The molecule has 0 bridgehead atoms. The first-order valence-electron chi connectivity index (χ1n) is 6.85. The summed E-state index contributed by atoms with van der Waals surface area (Å²) in [5.41, 5.74) is 7.27. The van der Waals surface area contributed by atoms with Crippen LogP contribution in [0.2, 0.25) is 0 Å². The smallest absolute Gasteiger partial charge is 0.0456 e.